The standard InChI is InChI=1S/C21H18N2O2/c1-3-20(25-4-2)19(14-23)21(24)16-11-9-15(10-12-16)18-8-6-5-7-17(18)13-22/h5-12H,3-4H2,1-2H3. The van der Waals surface area contributed by atoms with Crippen LogP contribution in [0.2, 0.25) is 0 Å². The number of Topliss-reactive ketones (excluding diaryl/α,β-unsaturated/α-hetero) is 1. The van der Waals surface area contributed by atoms with Crippen molar-refractivity contribution in [3.63, 3.8) is 0 Å². The molecule has 2 aromatic rings. The number of allylic oxidation sites excluding steroid dienone is 2. The summed E-state index contributed by atoms with van der Waals surface area (Å²) in [5.41, 5.74) is 2.68. The average molecular weight is 330 g/mol. The molecule has 0 bridgehead atoms. The molecular weight excluding hydrogens is 312 g/mol. The molecule has 4 nitrogen and oxygen atoms in total. The van der Waals surface area contributed by atoms with Gasteiger partial charge < -0.3 is 4.74 Å². The lowest BCUT2D eigenvalue weighted by Gasteiger charge is -2.09. The topological polar surface area (TPSA) is 73.9 Å². The maximum absolute atomic E-state index is 12.6. The summed E-state index contributed by atoms with van der Waals surface area (Å²) in [6.45, 7) is 4.07. The van der Waals surface area contributed by atoms with Crippen LogP contribution in [0.4, 0.5) is 0 Å². The highest BCUT2D eigenvalue weighted by atomic mass is 16.5. The van der Waals surface area contributed by atoms with Gasteiger partial charge in [0.25, 0.3) is 0 Å². The van der Waals surface area contributed by atoms with E-state index >= 15 is 0 Å². The Balaban J connectivity index is 2.38. The Morgan fingerprint density at radius 3 is 2.28 bits per heavy atom. The molecule has 25 heavy (non-hydrogen) atoms. The molecule has 0 radical (unpaired) electrons. The van der Waals surface area contributed by atoms with Gasteiger partial charge in [-0.3, -0.25) is 4.79 Å². The largest absolute Gasteiger partial charge is 0.497 e. The molecule has 2 rings (SSSR count). The highest BCUT2D eigenvalue weighted by Crippen LogP contribution is 2.24. The summed E-state index contributed by atoms with van der Waals surface area (Å²) in [5.74, 6) is 0.0572. The fraction of sp³-hybridized carbons (Fsp3) is 0.190. The van der Waals surface area contributed by atoms with Crippen molar-refractivity contribution in [2.75, 3.05) is 6.61 Å². The van der Waals surface area contributed by atoms with Crippen molar-refractivity contribution in [1.29, 1.82) is 10.5 Å². The van der Waals surface area contributed by atoms with Gasteiger partial charge in [0, 0.05) is 12.0 Å². The molecular formula is C21H18N2O2. The number of ketones is 1. The summed E-state index contributed by atoms with van der Waals surface area (Å²) in [6, 6.07) is 18.3. The van der Waals surface area contributed by atoms with E-state index in [1.807, 2.05) is 38.1 Å². The van der Waals surface area contributed by atoms with E-state index in [9.17, 15) is 15.3 Å². The summed E-state index contributed by atoms with van der Waals surface area (Å²) < 4.78 is 5.41. The smallest absolute Gasteiger partial charge is 0.206 e. The zero-order valence-corrected chi connectivity index (χ0v) is 14.2. The Hall–Kier alpha value is -3.37. The Morgan fingerprint density at radius 2 is 1.72 bits per heavy atom. The van der Waals surface area contributed by atoms with Gasteiger partial charge in [0.2, 0.25) is 5.78 Å². The minimum atomic E-state index is -0.354. The zero-order valence-electron chi connectivity index (χ0n) is 14.2. The third-order valence-corrected chi connectivity index (χ3v) is 3.76. The number of benzene rings is 2. The van der Waals surface area contributed by atoms with Crippen LogP contribution in [0.1, 0.15) is 36.2 Å². The lowest BCUT2D eigenvalue weighted by molar-refractivity contribution is 0.102. The molecule has 0 unspecified atom stereocenters. The number of hydrogen-bond donors (Lipinski definition) is 0. The van der Waals surface area contributed by atoms with E-state index in [1.165, 1.54) is 0 Å². The first-order valence-electron chi connectivity index (χ1n) is 8.06. The first kappa shape index (κ1) is 18.0. The molecule has 0 N–H and O–H groups in total. The zero-order chi connectivity index (χ0) is 18.2. The van der Waals surface area contributed by atoms with Gasteiger partial charge in [-0.25, -0.2) is 0 Å². The van der Waals surface area contributed by atoms with E-state index in [4.69, 9.17) is 4.74 Å². The predicted octanol–water partition coefficient (Wildman–Crippen LogP) is 4.63. The second-order valence-electron chi connectivity index (χ2n) is 5.26. The molecule has 0 aromatic heterocycles. The van der Waals surface area contributed by atoms with Crippen molar-refractivity contribution in [1.82, 2.24) is 0 Å². The van der Waals surface area contributed by atoms with Crippen LogP contribution >= 0.6 is 0 Å². The summed E-state index contributed by atoms with van der Waals surface area (Å²) in [4.78, 5) is 12.6. The van der Waals surface area contributed by atoms with Gasteiger partial charge >= 0.3 is 0 Å². The monoisotopic (exact) mass is 330 g/mol. The van der Waals surface area contributed by atoms with E-state index < -0.39 is 0 Å². The van der Waals surface area contributed by atoms with E-state index in [1.54, 1.807) is 30.3 Å². The number of ether oxygens (including phenoxy) is 1. The van der Waals surface area contributed by atoms with E-state index in [0.29, 0.717) is 29.9 Å². The highest BCUT2D eigenvalue weighted by molar-refractivity contribution is 6.11. The normalized spacial score (nSPS) is 11.0. The molecule has 0 heterocycles. The van der Waals surface area contributed by atoms with Gasteiger partial charge in [0.05, 0.1) is 18.2 Å². The molecule has 0 aliphatic carbocycles. The van der Waals surface area contributed by atoms with Crippen LogP contribution in [0.25, 0.3) is 11.1 Å². The van der Waals surface area contributed by atoms with Crippen molar-refractivity contribution < 1.29 is 9.53 Å². The number of rotatable bonds is 6. The Labute approximate surface area is 147 Å². The van der Waals surface area contributed by atoms with Crippen molar-refractivity contribution in [3.8, 4) is 23.3 Å². The minimum absolute atomic E-state index is 0.0366. The first-order chi connectivity index (χ1) is 12.2. The van der Waals surface area contributed by atoms with Gasteiger partial charge in [-0.15, -0.1) is 0 Å². The predicted molar refractivity (Wildman–Crippen MR) is 95.5 cm³/mol. The van der Waals surface area contributed by atoms with Crippen LogP contribution in [0, 0.1) is 22.7 Å². The van der Waals surface area contributed by atoms with Crippen molar-refractivity contribution in [2.24, 2.45) is 0 Å². The number of nitriles is 2. The van der Waals surface area contributed by atoms with Crippen molar-refractivity contribution in [3.05, 3.63) is 71.0 Å². The maximum Gasteiger partial charge on any atom is 0.206 e. The van der Waals surface area contributed by atoms with E-state index in [2.05, 4.69) is 6.07 Å². The SMILES string of the molecule is CCOC(CC)=C(C#N)C(=O)c1ccc(-c2ccccc2C#N)cc1. The van der Waals surface area contributed by atoms with Gasteiger partial charge in [0.15, 0.2) is 0 Å². The molecule has 0 aliphatic heterocycles. The lowest BCUT2D eigenvalue weighted by Crippen LogP contribution is -2.07. The van der Waals surface area contributed by atoms with Gasteiger partial charge in [-0.2, -0.15) is 10.5 Å². The average Bonchev–Trinajstić information content (AvgIpc) is 2.67. The Morgan fingerprint density at radius 1 is 1.04 bits per heavy atom. The molecule has 124 valence electrons. The van der Waals surface area contributed by atoms with Crippen LogP contribution in [-0.4, -0.2) is 12.4 Å². The van der Waals surface area contributed by atoms with Gasteiger partial charge in [-0.05, 0) is 24.1 Å². The quantitative estimate of drug-likeness (QED) is 0.335. The lowest BCUT2D eigenvalue weighted by atomic mass is 9.96. The molecule has 0 fully saturated rings. The molecule has 0 amide bonds. The van der Waals surface area contributed by atoms with E-state index in [-0.39, 0.29) is 11.4 Å². The highest BCUT2D eigenvalue weighted by Gasteiger charge is 2.18. The Kier molecular flexibility index (Phi) is 6.09. The molecule has 0 aliphatic rings. The number of hydrogen-bond acceptors (Lipinski definition) is 4. The van der Waals surface area contributed by atoms with E-state index in [0.717, 1.165) is 11.1 Å². The summed E-state index contributed by atoms with van der Waals surface area (Å²) >= 11 is 0. The molecule has 0 spiro atoms. The minimum Gasteiger partial charge on any atom is -0.497 e. The number of carbonyl (C=O) groups excluding carboxylic acids is 1. The van der Waals surface area contributed by atoms with Crippen LogP contribution in [0.5, 0.6) is 0 Å². The summed E-state index contributed by atoms with van der Waals surface area (Å²) in [6.07, 6.45) is 0.482. The number of carbonyl (C=O) groups is 1. The van der Waals surface area contributed by atoms with Crippen molar-refractivity contribution >= 4 is 5.78 Å². The first-order valence-corrected chi connectivity index (χ1v) is 8.06. The second-order valence-corrected chi connectivity index (χ2v) is 5.26. The maximum atomic E-state index is 12.6. The number of nitrogens with zero attached hydrogens (tertiary/aromatic N) is 2. The molecule has 2 aromatic carbocycles. The summed E-state index contributed by atoms with van der Waals surface area (Å²) in [7, 11) is 0. The van der Waals surface area contributed by atoms with Gasteiger partial charge in [-0.1, -0.05) is 49.4 Å². The molecule has 0 atom stereocenters. The van der Waals surface area contributed by atoms with Crippen molar-refractivity contribution in [2.45, 2.75) is 20.3 Å². The molecule has 0 saturated heterocycles. The third kappa shape index (κ3) is 3.94. The second kappa shape index (κ2) is 8.47. The van der Waals surface area contributed by atoms with Crippen LogP contribution in [0.3, 0.4) is 0 Å². The fourth-order valence-corrected chi connectivity index (χ4v) is 2.54. The molecule has 4 heteroatoms. The third-order valence-electron chi connectivity index (χ3n) is 3.76. The Bertz CT molecular complexity index is 881. The van der Waals surface area contributed by atoms with Crippen LogP contribution in [0.15, 0.2) is 59.9 Å². The fourth-order valence-electron chi connectivity index (χ4n) is 2.54. The molecule has 0 saturated carbocycles. The summed E-state index contributed by atoms with van der Waals surface area (Å²) in [5, 5.41) is 18.5. The van der Waals surface area contributed by atoms with Gasteiger partial charge in [0.1, 0.15) is 17.4 Å². The van der Waals surface area contributed by atoms with Crippen LogP contribution in [-0.2, 0) is 4.74 Å². The van der Waals surface area contributed by atoms with Crippen LogP contribution < -0.4 is 0 Å².